The molecule has 1 fully saturated rings. The molecule has 1 saturated carbocycles. The quantitative estimate of drug-likeness (QED) is 0.882. The number of methoxy groups -OCH3 is 1. The fraction of sp³-hybridized carbons (Fsp3) is 0.538. The van der Waals surface area contributed by atoms with Crippen molar-refractivity contribution in [2.24, 2.45) is 0 Å². The SMILES string of the molecule is COC1CCCCC1Nc1cccc2n[se]nc12. The van der Waals surface area contributed by atoms with Crippen molar-refractivity contribution < 1.29 is 4.74 Å². The molecule has 1 aliphatic rings. The van der Waals surface area contributed by atoms with Crippen LogP contribution in [-0.2, 0) is 4.74 Å². The van der Waals surface area contributed by atoms with E-state index in [0.717, 1.165) is 23.1 Å². The first-order valence-electron chi connectivity index (χ1n) is 6.39. The van der Waals surface area contributed by atoms with Crippen molar-refractivity contribution in [3.8, 4) is 0 Å². The molecule has 0 radical (unpaired) electrons. The van der Waals surface area contributed by atoms with E-state index in [0.29, 0.717) is 12.1 Å². The van der Waals surface area contributed by atoms with E-state index in [1.165, 1.54) is 19.3 Å². The summed E-state index contributed by atoms with van der Waals surface area (Å²) in [4.78, 5) is 0. The molecule has 1 heterocycles. The van der Waals surface area contributed by atoms with Crippen LogP contribution in [0.1, 0.15) is 25.7 Å². The zero-order chi connectivity index (χ0) is 12.4. The van der Waals surface area contributed by atoms with Gasteiger partial charge in [-0.15, -0.1) is 0 Å². The summed E-state index contributed by atoms with van der Waals surface area (Å²) in [6, 6.07) is 6.58. The Labute approximate surface area is 113 Å². The molecule has 5 heteroatoms. The minimum absolute atomic E-state index is 0.0351. The van der Waals surface area contributed by atoms with E-state index in [1.54, 1.807) is 0 Å². The van der Waals surface area contributed by atoms with Gasteiger partial charge in [0.2, 0.25) is 0 Å². The fourth-order valence-electron chi connectivity index (χ4n) is 2.67. The Bertz CT molecular complexity index is 528. The second-order valence-electron chi connectivity index (χ2n) is 4.75. The van der Waals surface area contributed by atoms with Gasteiger partial charge in [-0.2, -0.15) is 0 Å². The third-order valence-electron chi connectivity index (χ3n) is 3.63. The first-order valence-corrected chi connectivity index (χ1v) is 7.92. The topological polar surface area (TPSA) is 47.0 Å². The summed E-state index contributed by atoms with van der Waals surface area (Å²) in [7, 11) is 1.81. The van der Waals surface area contributed by atoms with Gasteiger partial charge in [0.25, 0.3) is 0 Å². The van der Waals surface area contributed by atoms with E-state index in [1.807, 2.05) is 19.2 Å². The number of aromatic nitrogens is 2. The van der Waals surface area contributed by atoms with Gasteiger partial charge in [-0.1, -0.05) is 0 Å². The van der Waals surface area contributed by atoms with Gasteiger partial charge in [-0.25, -0.2) is 0 Å². The Morgan fingerprint density at radius 2 is 2.17 bits per heavy atom. The number of nitrogens with zero attached hydrogens (tertiary/aromatic N) is 2. The molecule has 1 N–H and O–H groups in total. The summed E-state index contributed by atoms with van der Waals surface area (Å²) in [6.07, 6.45) is 5.18. The summed E-state index contributed by atoms with van der Waals surface area (Å²) < 4.78 is 14.5. The van der Waals surface area contributed by atoms with E-state index in [4.69, 9.17) is 4.74 Å². The van der Waals surface area contributed by atoms with E-state index in [9.17, 15) is 0 Å². The second kappa shape index (κ2) is 5.39. The molecule has 2 aromatic rings. The Kier molecular flexibility index (Phi) is 3.64. The zero-order valence-corrected chi connectivity index (χ0v) is 12.1. The average molecular weight is 310 g/mol. The number of hydrogen-bond acceptors (Lipinski definition) is 4. The number of hydrogen-bond donors (Lipinski definition) is 1. The number of anilines is 1. The number of nitrogens with one attached hydrogen (secondary N) is 1. The van der Waals surface area contributed by atoms with Crippen molar-refractivity contribution in [2.45, 2.75) is 37.8 Å². The van der Waals surface area contributed by atoms with E-state index in [2.05, 4.69) is 19.3 Å². The molecular formula is C13H17N3OSe. The van der Waals surface area contributed by atoms with Gasteiger partial charge in [0.1, 0.15) is 0 Å². The molecule has 2 atom stereocenters. The number of rotatable bonds is 3. The number of benzene rings is 1. The van der Waals surface area contributed by atoms with Crippen LogP contribution in [0.3, 0.4) is 0 Å². The molecule has 0 amide bonds. The maximum atomic E-state index is 5.58. The summed E-state index contributed by atoms with van der Waals surface area (Å²) in [5.41, 5.74) is 3.19. The standard InChI is InChI=1S/C13H17N3OSe/c1-17-12-8-3-2-5-9(12)14-10-6-4-7-11-13(10)16-18-15-11/h4,6-7,9,12,14H,2-3,5,8H2,1H3. The minimum atomic E-state index is 0.0351. The normalized spacial score (nSPS) is 24.3. The Morgan fingerprint density at radius 3 is 3.06 bits per heavy atom. The first kappa shape index (κ1) is 12.1. The van der Waals surface area contributed by atoms with Crippen molar-refractivity contribution in [1.82, 2.24) is 7.96 Å². The Morgan fingerprint density at radius 1 is 1.28 bits per heavy atom. The third-order valence-corrected chi connectivity index (χ3v) is 4.77. The summed E-state index contributed by atoms with van der Waals surface area (Å²) in [5, 5.41) is 3.61. The summed E-state index contributed by atoms with van der Waals surface area (Å²) in [6.45, 7) is 0. The predicted molar refractivity (Wildman–Crippen MR) is 73.2 cm³/mol. The van der Waals surface area contributed by atoms with Gasteiger partial charge in [0, 0.05) is 0 Å². The molecule has 18 heavy (non-hydrogen) atoms. The molecule has 0 saturated heterocycles. The number of fused-ring (bicyclic) bond motifs is 1. The van der Waals surface area contributed by atoms with E-state index in [-0.39, 0.29) is 15.0 Å². The first-order chi connectivity index (χ1) is 8.88. The van der Waals surface area contributed by atoms with Crippen LogP contribution in [0.4, 0.5) is 5.69 Å². The van der Waals surface area contributed by atoms with Crippen LogP contribution in [0.25, 0.3) is 11.0 Å². The van der Waals surface area contributed by atoms with Crippen LogP contribution < -0.4 is 5.32 Å². The Balaban J connectivity index is 1.84. The van der Waals surface area contributed by atoms with Crippen molar-refractivity contribution in [1.29, 1.82) is 0 Å². The molecule has 0 aliphatic heterocycles. The van der Waals surface area contributed by atoms with Crippen molar-refractivity contribution in [2.75, 3.05) is 12.4 Å². The number of ether oxygens (including phenoxy) is 1. The molecule has 96 valence electrons. The van der Waals surface area contributed by atoms with Crippen LogP contribution in [0.5, 0.6) is 0 Å². The van der Waals surface area contributed by atoms with Crippen LogP contribution >= 0.6 is 0 Å². The van der Waals surface area contributed by atoms with Gasteiger partial charge < -0.3 is 0 Å². The maximum absolute atomic E-state index is 5.58. The monoisotopic (exact) mass is 311 g/mol. The fourth-order valence-corrected chi connectivity index (χ4v) is 3.82. The van der Waals surface area contributed by atoms with Crippen molar-refractivity contribution in [3.05, 3.63) is 18.2 Å². The molecular weight excluding hydrogens is 293 g/mol. The van der Waals surface area contributed by atoms with Gasteiger partial charge in [-0.05, 0) is 0 Å². The predicted octanol–water partition coefficient (Wildman–Crippen LogP) is 2.06. The summed E-state index contributed by atoms with van der Waals surface area (Å²) >= 11 is 0.0351. The molecule has 0 bridgehead atoms. The van der Waals surface area contributed by atoms with E-state index < -0.39 is 0 Å². The molecule has 0 spiro atoms. The second-order valence-corrected chi connectivity index (χ2v) is 5.86. The molecule has 2 unspecified atom stereocenters. The van der Waals surface area contributed by atoms with Gasteiger partial charge >= 0.3 is 113 Å². The van der Waals surface area contributed by atoms with Crippen molar-refractivity contribution >= 4 is 31.7 Å². The van der Waals surface area contributed by atoms with Crippen LogP contribution in [0, 0.1) is 0 Å². The molecule has 1 aromatic heterocycles. The molecule has 1 aliphatic carbocycles. The van der Waals surface area contributed by atoms with Crippen LogP contribution in [0.15, 0.2) is 18.2 Å². The van der Waals surface area contributed by atoms with Crippen molar-refractivity contribution in [3.63, 3.8) is 0 Å². The molecule has 1 aromatic carbocycles. The van der Waals surface area contributed by atoms with Gasteiger partial charge in [-0.3, -0.25) is 0 Å². The van der Waals surface area contributed by atoms with Gasteiger partial charge in [0.15, 0.2) is 0 Å². The van der Waals surface area contributed by atoms with Gasteiger partial charge in [0.05, 0.1) is 0 Å². The Hall–Kier alpha value is -0.901. The average Bonchev–Trinajstić information content (AvgIpc) is 2.89. The van der Waals surface area contributed by atoms with Crippen LogP contribution in [-0.4, -0.2) is 42.2 Å². The zero-order valence-electron chi connectivity index (χ0n) is 10.4. The molecule has 4 nitrogen and oxygen atoms in total. The third kappa shape index (κ3) is 2.30. The van der Waals surface area contributed by atoms with E-state index >= 15 is 0 Å². The van der Waals surface area contributed by atoms with Crippen LogP contribution in [0.2, 0.25) is 0 Å². The summed E-state index contributed by atoms with van der Waals surface area (Å²) in [5.74, 6) is 0. The molecule has 3 rings (SSSR count).